The van der Waals surface area contributed by atoms with Gasteiger partial charge in [0, 0.05) is 13.1 Å². The maximum Gasteiger partial charge on any atom is 0.495 e. The van der Waals surface area contributed by atoms with E-state index < -0.39 is 24.1 Å². The van der Waals surface area contributed by atoms with E-state index in [-0.39, 0.29) is 11.7 Å². The smallest absolute Gasteiger partial charge is 0.399 e. The van der Waals surface area contributed by atoms with Gasteiger partial charge < -0.3 is 19.5 Å². The van der Waals surface area contributed by atoms with Crippen molar-refractivity contribution in [2.75, 3.05) is 18.4 Å². The molecule has 1 aromatic rings. The molecule has 5 nitrogen and oxygen atoms in total. The van der Waals surface area contributed by atoms with Crippen molar-refractivity contribution in [3.05, 3.63) is 23.5 Å². The fraction of sp³-hybridized carbons (Fsp3) is 0.650. The Morgan fingerprint density at radius 1 is 1.30 bits per heavy atom. The number of amides is 2. The number of carbonyl (C=O) groups is 1. The van der Waals surface area contributed by atoms with Crippen molar-refractivity contribution in [3.63, 3.8) is 0 Å². The second-order valence-corrected chi connectivity index (χ2v) is 8.72. The first-order chi connectivity index (χ1) is 12.5. The summed E-state index contributed by atoms with van der Waals surface area (Å²) in [5.41, 5.74) is 0.670. The lowest BCUT2D eigenvalue weighted by Gasteiger charge is -2.32. The van der Waals surface area contributed by atoms with E-state index in [9.17, 15) is 9.18 Å². The van der Waals surface area contributed by atoms with Gasteiger partial charge >= 0.3 is 13.1 Å². The van der Waals surface area contributed by atoms with Crippen molar-refractivity contribution in [1.29, 1.82) is 0 Å². The topological polar surface area (TPSA) is 50.8 Å². The van der Waals surface area contributed by atoms with Crippen LogP contribution in [0.3, 0.4) is 0 Å². The number of carbonyl (C=O) groups excluding carboxylic acids is 1. The zero-order chi connectivity index (χ0) is 20.0. The van der Waals surface area contributed by atoms with Gasteiger partial charge in [-0.2, -0.15) is 0 Å². The fourth-order valence-corrected chi connectivity index (χ4v) is 3.55. The molecule has 3 rings (SSSR count). The summed E-state index contributed by atoms with van der Waals surface area (Å²) in [6.45, 7) is 13.3. The van der Waals surface area contributed by atoms with Crippen molar-refractivity contribution >= 4 is 24.3 Å². The SMILES string of the molecule is CC[C@@H]1CCN(C(=O)Nc2cc(B3OC(C)(C)C(C)(C)O3)c(C)cc2F)C1. The largest absolute Gasteiger partial charge is 0.495 e. The van der Waals surface area contributed by atoms with E-state index in [1.54, 1.807) is 11.0 Å². The third-order valence-corrected chi connectivity index (χ3v) is 6.25. The number of anilines is 1. The number of benzene rings is 1. The minimum Gasteiger partial charge on any atom is -0.399 e. The van der Waals surface area contributed by atoms with Crippen LogP contribution in [0.5, 0.6) is 0 Å². The first kappa shape index (κ1) is 20.1. The first-order valence-corrected chi connectivity index (χ1v) is 9.75. The molecule has 0 bridgehead atoms. The number of hydrogen-bond acceptors (Lipinski definition) is 3. The molecular formula is C20H30BFN2O3. The Morgan fingerprint density at radius 3 is 2.48 bits per heavy atom. The fourth-order valence-electron chi connectivity index (χ4n) is 3.55. The summed E-state index contributed by atoms with van der Waals surface area (Å²) >= 11 is 0. The molecule has 0 radical (unpaired) electrons. The molecular weight excluding hydrogens is 346 g/mol. The van der Waals surface area contributed by atoms with Crippen LogP contribution >= 0.6 is 0 Å². The number of aryl methyl sites for hydroxylation is 1. The molecule has 0 aliphatic carbocycles. The highest BCUT2D eigenvalue weighted by Gasteiger charge is 2.52. The monoisotopic (exact) mass is 376 g/mol. The van der Waals surface area contributed by atoms with Crippen LogP contribution in [0.2, 0.25) is 0 Å². The predicted octanol–water partition coefficient (Wildman–Crippen LogP) is 3.70. The van der Waals surface area contributed by atoms with Crippen LogP contribution in [0, 0.1) is 18.7 Å². The van der Waals surface area contributed by atoms with Gasteiger partial charge in [0.2, 0.25) is 0 Å². The van der Waals surface area contributed by atoms with Crippen molar-refractivity contribution in [2.24, 2.45) is 5.92 Å². The maximum atomic E-state index is 14.5. The second-order valence-electron chi connectivity index (χ2n) is 8.72. The number of rotatable bonds is 3. The van der Waals surface area contributed by atoms with Crippen LogP contribution in [0.4, 0.5) is 14.9 Å². The third kappa shape index (κ3) is 3.85. The van der Waals surface area contributed by atoms with Crippen LogP contribution in [0.1, 0.15) is 53.0 Å². The van der Waals surface area contributed by atoms with Crippen molar-refractivity contribution in [1.82, 2.24) is 4.90 Å². The van der Waals surface area contributed by atoms with Gasteiger partial charge in [-0.25, -0.2) is 9.18 Å². The average Bonchev–Trinajstić information content (AvgIpc) is 3.12. The second kappa shape index (κ2) is 7.10. The van der Waals surface area contributed by atoms with E-state index in [0.29, 0.717) is 12.5 Å². The van der Waals surface area contributed by atoms with Crippen LogP contribution in [0.25, 0.3) is 0 Å². The highest BCUT2D eigenvalue weighted by atomic mass is 19.1. The Balaban J connectivity index is 1.80. The molecule has 0 spiro atoms. The Kier molecular flexibility index (Phi) is 5.30. The molecule has 148 valence electrons. The molecule has 0 saturated carbocycles. The Morgan fingerprint density at radius 2 is 1.93 bits per heavy atom. The molecule has 2 aliphatic heterocycles. The summed E-state index contributed by atoms with van der Waals surface area (Å²) in [7, 11) is -0.595. The van der Waals surface area contributed by atoms with E-state index in [4.69, 9.17) is 9.31 Å². The van der Waals surface area contributed by atoms with Gasteiger partial charge in [-0.3, -0.25) is 0 Å². The minimum atomic E-state index is -0.595. The summed E-state index contributed by atoms with van der Waals surface area (Å²) in [4.78, 5) is 14.3. The lowest BCUT2D eigenvalue weighted by Crippen LogP contribution is -2.41. The Bertz CT molecular complexity index is 722. The summed E-state index contributed by atoms with van der Waals surface area (Å²) in [6, 6.07) is 2.81. The van der Waals surface area contributed by atoms with Gasteiger partial charge in [0.25, 0.3) is 0 Å². The highest BCUT2D eigenvalue weighted by molar-refractivity contribution is 6.62. The zero-order valence-corrected chi connectivity index (χ0v) is 17.2. The minimum absolute atomic E-state index is 0.162. The molecule has 27 heavy (non-hydrogen) atoms. The molecule has 0 unspecified atom stereocenters. The zero-order valence-electron chi connectivity index (χ0n) is 17.2. The van der Waals surface area contributed by atoms with Gasteiger partial charge in [-0.05, 0) is 70.1 Å². The number of likely N-dealkylation sites (tertiary alicyclic amines) is 1. The number of nitrogens with one attached hydrogen (secondary N) is 1. The number of urea groups is 1. The third-order valence-electron chi connectivity index (χ3n) is 6.25. The van der Waals surface area contributed by atoms with Gasteiger partial charge in [0.15, 0.2) is 0 Å². The van der Waals surface area contributed by atoms with E-state index in [1.165, 1.54) is 6.07 Å². The van der Waals surface area contributed by atoms with Gasteiger partial charge in [0.1, 0.15) is 5.82 Å². The van der Waals surface area contributed by atoms with E-state index in [2.05, 4.69) is 12.2 Å². The Labute approximate surface area is 161 Å². The van der Waals surface area contributed by atoms with Crippen LogP contribution < -0.4 is 10.8 Å². The van der Waals surface area contributed by atoms with Crippen molar-refractivity contribution < 1.29 is 18.5 Å². The van der Waals surface area contributed by atoms with Crippen molar-refractivity contribution in [3.8, 4) is 0 Å². The lowest BCUT2D eigenvalue weighted by molar-refractivity contribution is 0.00578. The van der Waals surface area contributed by atoms with Crippen molar-refractivity contribution in [2.45, 2.75) is 65.6 Å². The lowest BCUT2D eigenvalue weighted by atomic mass is 9.76. The molecule has 2 aliphatic rings. The molecule has 2 saturated heterocycles. The maximum absolute atomic E-state index is 14.5. The van der Waals surface area contributed by atoms with Gasteiger partial charge in [-0.15, -0.1) is 0 Å². The Hall–Kier alpha value is -1.60. The molecule has 2 fully saturated rings. The molecule has 1 N–H and O–H groups in total. The number of hydrogen-bond donors (Lipinski definition) is 1. The molecule has 1 atom stereocenters. The molecule has 7 heteroatoms. The molecule has 0 aromatic heterocycles. The predicted molar refractivity (Wildman–Crippen MR) is 106 cm³/mol. The summed E-state index contributed by atoms with van der Waals surface area (Å²) in [5, 5.41) is 2.73. The molecule has 1 aromatic carbocycles. The molecule has 2 heterocycles. The standard InChI is InChI=1S/C20H30BFN2O3/c1-7-14-8-9-24(12-14)18(25)23-17-11-15(13(2)10-16(17)22)21-26-19(3,4)20(5,6)27-21/h10-11,14H,7-9,12H2,1-6H3,(H,23,25)/t14-/m1/s1. The van der Waals surface area contributed by atoms with Crippen LogP contribution in [0.15, 0.2) is 12.1 Å². The normalized spacial score (nSPS) is 23.7. The molecule has 2 amide bonds. The van der Waals surface area contributed by atoms with E-state index in [1.807, 2.05) is 34.6 Å². The number of nitrogens with zero attached hydrogens (tertiary/aromatic N) is 1. The first-order valence-electron chi connectivity index (χ1n) is 9.75. The summed E-state index contributed by atoms with van der Waals surface area (Å²) in [5.74, 6) is 0.0753. The number of halogens is 1. The van der Waals surface area contributed by atoms with E-state index >= 15 is 0 Å². The van der Waals surface area contributed by atoms with Gasteiger partial charge in [-0.1, -0.05) is 13.3 Å². The van der Waals surface area contributed by atoms with E-state index in [0.717, 1.165) is 30.4 Å². The summed E-state index contributed by atoms with van der Waals surface area (Å²) < 4.78 is 26.7. The highest BCUT2D eigenvalue weighted by Crippen LogP contribution is 2.37. The quantitative estimate of drug-likeness (QED) is 0.819. The summed E-state index contributed by atoms with van der Waals surface area (Å²) in [6.07, 6.45) is 2.05. The van der Waals surface area contributed by atoms with Gasteiger partial charge in [0.05, 0.1) is 16.9 Å². The average molecular weight is 376 g/mol. The van der Waals surface area contributed by atoms with Crippen LogP contribution in [-0.2, 0) is 9.31 Å². The van der Waals surface area contributed by atoms with Crippen LogP contribution in [-0.4, -0.2) is 42.3 Å².